The molecule has 10 aromatic carbocycles. The summed E-state index contributed by atoms with van der Waals surface area (Å²) in [6.45, 7) is 11.9. The molecule has 0 N–H and O–H groups in total. The predicted molar refractivity (Wildman–Crippen MR) is 332 cm³/mol. The largest absolute Gasteiger partial charge is 0.310 e. The molecule has 0 saturated carbocycles. The minimum absolute atomic E-state index is 0.0893. The topological polar surface area (TPSA) is 40.6 Å². The van der Waals surface area contributed by atoms with Crippen LogP contribution in [-0.4, -0.2) is 23.9 Å². The van der Waals surface area contributed by atoms with E-state index in [0.717, 1.165) is 16.6 Å². The van der Waals surface area contributed by atoms with Crippen molar-refractivity contribution in [1.82, 2.24) is 23.9 Å². The number of rotatable bonds is 5. The van der Waals surface area contributed by atoms with E-state index in [0.29, 0.717) is 0 Å². The third-order valence-electron chi connectivity index (χ3n) is 18.9. The SMILES string of the molecule is CC1C=c2c(c3cc(-c4ccc5c(c4)c4ccccc4n5-c4ccc5c(c4)C(C)(C)c4ccccc4-5)ccc3n2-c2ccc3nnccc3c2)=CC1c1ccc2c(c1)c1ccccc1n2-c1ccc2c(c1)C(C)(C)c1ccccc1-2. The van der Waals surface area contributed by atoms with Gasteiger partial charge in [-0.3, -0.25) is 0 Å². The van der Waals surface area contributed by atoms with Crippen LogP contribution in [0.3, 0.4) is 0 Å². The minimum Gasteiger partial charge on any atom is -0.310 e. The molecule has 0 amide bonds. The zero-order chi connectivity index (χ0) is 53.3. The number of hydrogen-bond acceptors (Lipinski definition) is 2. The smallest absolute Gasteiger partial charge is 0.0931 e. The highest BCUT2D eigenvalue weighted by Gasteiger charge is 2.37. The predicted octanol–water partition coefficient (Wildman–Crippen LogP) is 17.0. The molecule has 5 heteroatoms. The summed E-state index contributed by atoms with van der Waals surface area (Å²) >= 11 is 0. The van der Waals surface area contributed by atoms with E-state index < -0.39 is 0 Å². The first-order chi connectivity index (χ1) is 39.1. The molecule has 3 aliphatic rings. The van der Waals surface area contributed by atoms with Gasteiger partial charge in [0.05, 0.1) is 44.6 Å². The van der Waals surface area contributed by atoms with Crippen molar-refractivity contribution in [3.8, 4) is 50.4 Å². The zero-order valence-electron chi connectivity index (χ0n) is 45.3. The number of benzene rings is 10. The Balaban J connectivity index is 0.818. The van der Waals surface area contributed by atoms with Gasteiger partial charge in [0.1, 0.15) is 0 Å². The maximum atomic E-state index is 4.45. The van der Waals surface area contributed by atoms with E-state index in [9.17, 15) is 0 Å². The van der Waals surface area contributed by atoms with Crippen molar-refractivity contribution in [1.29, 1.82) is 0 Å². The molecule has 2 atom stereocenters. The van der Waals surface area contributed by atoms with Gasteiger partial charge in [0, 0.05) is 71.3 Å². The molecule has 0 radical (unpaired) electrons. The molecule has 3 aliphatic carbocycles. The quantitative estimate of drug-likeness (QED) is 0.172. The summed E-state index contributed by atoms with van der Waals surface area (Å²) in [4.78, 5) is 0. The second-order valence-corrected chi connectivity index (χ2v) is 23.9. The molecule has 0 saturated heterocycles. The Morgan fingerprint density at radius 3 is 1.52 bits per heavy atom. The van der Waals surface area contributed by atoms with Gasteiger partial charge in [-0.25, -0.2) is 0 Å². The van der Waals surface area contributed by atoms with Crippen molar-refractivity contribution in [3.63, 3.8) is 0 Å². The average molecular weight is 1030 g/mol. The summed E-state index contributed by atoms with van der Waals surface area (Å²) in [5.74, 6) is 0.360. The summed E-state index contributed by atoms with van der Waals surface area (Å²) in [5.41, 5.74) is 24.9. The van der Waals surface area contributed by atoms with Crippen LogP contribution < -0.4 is 10.6 Å². The second-order valence-electron chi connectivity index (χ2n) is 23.9. The van der Waals surface area contributed by atoms with E-state index >= 15 is 0 Å². The van der Waals surface area contributed by atoms with Crippen molar-refractivity contribution in [2.45, 2.75) is 51.4 Å². The van der Waals surface area contributed by atoms with Crippen molar-refractivity contribution >= 4 is 77.6 Å². The molecule has 380 valence electrons. The Morgan fingerprint density at radius 1 is 0.388 bits per heavy atom. The number of fused-ring (bicyclic) bond motifs is 16. The molecule has 14 aromatic rings. The Morgan fingerprint density at radius 2 is 0.887 bits per heavy atom. The Kier molecular flexibility index (Phi) is 9.23. The molecule has 4 aromatic heterocycles. The lowest BCUT2D eigenvalue weighted by atomic mass is 9.82. The lowest BCUT2D eigenvalue weighted by Crippen LogP contribution is -2.34. The van der Waals surface area contributed by atoms with Gasteiger partial charge < -0.3 is 13.7 Å². The molecule has 5 nitrogen and oxygen atoms in total. The lowest BCUT2D eigenvalue weighted by molar-refractivity contribution is 0.660. The molecule has 2 unspecified atom stereocenters. The van der Waals surface area contributed by atoms with Gasteiger partial charge in [-0.15, -0.1) is 0 Å². The van der Waals surface area contributed by atoms with E-state index in [4.69, 9.17) is 0 Å². The molecule has 4 heterocycles. The summed E-state index contributed by atoms with van der Waals surface area (Å²) in [6.07, 6.45) is 6.88. The first kappa shape index (κ1) is 45.4. The highest BCUT2D eigenvalue weighted by molar-refractivity contribution is 6.12. The van der Waals surface area contributed by atoms with Crippen LogP contribution in [0.25, 0.3) is 128 Å². The second kappa shape index (κ2) is 16.2. The Hall–Kier alpha value is -9.58. The summed E-state index contributed by atoms with van der Waals surface area (Å²) in [7, 11) is 0. The normalized spacial score (nSPS) is 16.5. The van der Waals surface area contributed by atoms with Gasteiger partial charge in [0.15, 0.2) is 0 Å². The van der Waals surface area contributed by atoms with Crippen LogP contribution >= 0.6 is 0 Å². The maximum Gasteiger partial charge on any atom is 0.0931 e. The highest BCUT2D eigenvalue weighted by atomic mass is 15.1. The van der Waals surface area contributed by atoms with Crippen LogP contribution in [0.15, 0.2) is 219 Å². The standard InChI is InChI=1S/C75H55N5/c1-44-36-73-62(43-58(44)47-24-33-71-60(40-47)57-17-9-13-21-69(57)79(71)51-26-29-55-53-15-7-11-19-64(53)75(4,5)66(55)42-51)61-39-46(23-32-72(61)80(73)49-27-30-67-48(37-49)34-35-76-77-67)45-22-31-70-59(38-45)56-16-8-12-20-68(56)78(70)50-25-28-54-52-14-6-10-18-63(52)74(2,3)65(54)41-50/h6-44,58H,1-5H3. The molecule has 0 fully saturated rings. The monoisotopic (exact) mass is 1030 g/mol. The third-order valence-corrected chi connectivity index (χ3v) is 18.9. The first-order valence-electron chi connectivity index (χ1n) is 28.2. The fourth-order valence-corrected chi connectivity index (χ4v) is 14.9. The maximum absolute atomic E-state index is 4.45. The fourth-order valence-electron chi connectivity index (χ4n) is 14.9. The van der Waals surface area contributed by atoms with Gasteiger partial charge in [-0.2, -0.15) is 10.2 Å². The summed E-state index contributed by atoms with van der Waals surface area (Å²) in [6, 6.07) is 80.0. The zero-order valence-corrected chi connectivity index (χ0v) is 45.3. The third kappa shape index (κ3) is 6.23. The van der Waals surface area contributed by atoms with Gasteiger partial charge in [0.25, 0.3) is 0 Å². The van der Waals surface area contributed by atoms with Crippen molar-refractivity contribution in [2.75, 3.05) is 0 Å². The first-order valence-corrected chi connectivity index (χ1v) is 28.2. The van der Waals surface area contributed by atoms with Crippen LogP contribution in [0.2, 0.25) is 0 Å². The Bertz CT molecular complexity index is 5170. The molecule has 0 bridgehead atoms. The molecular weight excluding hydrogens is 971 g/mol. The van der Waals surface area contributed by atoms with Gasteiger partial charge in [-0.1, -0.05) is 162 Å². The van der Waals surface area contributed by atoms with Crippen LogP contribution in [0.1, 0.15) is 68.4 Å². The summed E-state index contributed by atoms with van der Waals surface area (Å²) in [5, 5.41) is 18.5. The van der Waals surface area contributed by atoms with Gasteiger partial charge in [-0.05, 0) is 164 Å². The van der Waals surface area contributed by atoms with Gasteiger partial charge in [0.2, 0.25) is 0 Å². The highest BCUT2D eigenvalue weighted by Crippen LogP contribution is 2.51. The van der Waals surface area contributed by atoms with E-state index in [1.54, 1.807) is 6.20 Å². The lowest BCUT2D eigenvalue weighted by Gasteiger charge is -2.23. The molecular formula is C75H55N5. The van der Waals surface area contributed by atoms with E-state index in [1.807, 2.05) is 0 Å². The van der Waals surface area contributed by atoms with Crippen LogP contribution in [0.5, 0.6) is 0 Å². The number of aromatic nitrogens is 5. The minimum atomic E-state index is -0.0914. The van der Waals surface area contributed by atoms with E-state index in [1.165, 1.54) is 138 Å². The Labute approximate surface area is 463 Å². The number of nitrogens with zero attached hydrogens (tertiary/aromatic N) is 5. The van der Waals surface area contributed by atoms with Crippen molar-refractivity contribution in [3.05, 3.63) is 257 Å². The van der Waals surface area contributed by atoms with E-state index in [-0.39, 0.29) is 22.7 Å². The number of hydrogen-bond donors (Lipinski definition) is 0. The number of para-hydroxylation sites is 2. The fraction of sp³-hybridized carbons (Fsp3) is 0.120. The van der Waals surface area contributed by atoms with E-state index in [2.05, 4.69) is 283 Å². The van der Waals surface area contributed by atoms with Crippen LogP contribution in [0.4, 0.5) is 0 Å². The van der Waals surface area contributed by atoms with Crippen LogP contribution in [-0.2, 0) is 10.8 Å². The average Bonchev–Trinajstić information content (AvgIpc) is 4.44. The molecule has 0 aliphatic heterocycles. The molecule has 80 heavy (non-hydrogen) atoms. The molecule has 0 spiro atoms. The summed E-state index contributed by atoms with van der Waals surface area (Å²) < 4.78 is 7.42. The molecule has 17 rings (SSSR count). The van der Waals surface area contributed by atoms with Crippen molar-refractivity contribution in [2.24, 2.45) is 5.92 Å². The van der Waals surface area contributed by atoms with Gasteiger partial charge >= 0.3 is 0 Å². The van der Waals surface area contributed by atoms with Crippen LogP contribution in [0, 0.1) is 5.92 Å². The van der Waals surface area contributed by atoms with Crippen molar-refractivity contribution < 1.29 is 0 Å².